The van der Waals surface area contributed by atoms with Gasteiger partial charge in [-0.2, -0.15) is 5.10 Å². The van der Waals surface area contributed by atoms with E-state index in [1.807, 2.05) is 18.1 Å². The monoisotopic (exact) mass is 357 g/mol. The Kier molecular flexibility index (Phi) is 6.51. The molecule has 0 aliphatic carbocycles. The first-order chi connectivity index (χ1) is 12.7. The van der Waals surface area contributed by atoms with E-state index in [9.17, 15) is 4.79 Å². The zero-order chi connectivity index (χ0) is 18.2. The van der Waals surface area contributed by atoms with Crippen molar-refractivity contribution in [2.45, 2.75) is 45.1 Å². The molecule has 1 N–H and O–H groups in total. The van der Waals surface area contributed by atoms with Crippen LogP contribution in [0.15, 0.2) is 25.0 Å². The van der Waals surface area contributed by atoms with E-state index < -0.39 is 0 Å². The third-order valence-electron chi connectivity index (χ3n) is 4.90. The number of nitrogens with zero attached hydrogens (tertiary/aromatic N) is 6. The fraction of sp³-hybridized carbons (Fsp3) is 0.611. The van der Waals surface area contributed by atoms with Gasteiger partial charge in [0, 0.05) is 33.1 Å². The molecule has 1 fully saturated rings. The van der Waals surface area contributed by atoms with Gasteiger partial charge in [-0.3, -0.25) is 14.5 Å². The molecule has 0 bridgehead atoms. The Morgan fingerprint density at radius 2 is 2.19 bits per heavy atom. The van der Waals surface area contributed by atoms with Gasteiger partial charge >= 0.3 is 0 Å². The minimum absolute atomic E-state index is 0.254. The Hall–Kier alpha value is -2.51. The molecule has 140 valence electrons. The summed E-state index contributed by atoms with van der Waals surface area (Å²) in [6.45, 7) is 2.45. The average molecular weight is 357 g/mol. The molecule has 3 rings (SSSR count). The smallest absolute Gasteiger partial charge is 0.222 e. The SMILES string of the molecule is CNc1cnc(CC2CCCN(C(=O)CCCn3cncn3)CC2)cn1. The first-order valence-electron chi connectivity index (χ1n) is 9.33. The number of nitrogens with one attached hydrogen (secondary N) is 1. The van der Waals surface area contributed by atoms with Gasteiger partial charge in [0.05, 0.1) is 18.1 Å². The van der Waals surface area contributed by atoms with Crippen LogP contribution in [0.5, 0.6) is 0 Å². The molecule has 1 atom stereocenters. The van der Waals surface area contributed by atoms with E-state index in [0.717, 1.165) is 63.3 Å². The Bertz CT molecular complexity index is 671. The first kappa shape index (κ1) is 18.3. The lowest BCUT2D eigenvalue weighted by Crippen LogP contribution is -2.32. The molecule has 1 amide bonds. The number of anilines is 1. The van der Waals surface area contributed by atoms with Gasteiger partial charge in [-0.1, -0.05) is 0 Å². The van der Waals surface area contributed by atoms with Crippen LogP contribution < -0.4 is 5.32 Å². The summed E-state index contributed by atoms with van der Waals surface area (Å²) in [6.07, 6.45) is 12.4. The molecule has 2 aromatic rings. The molecule has 1 saturated heterocycles. The maximum absolute atomic E-state index is 12.5. The molecule has 1 unspecified atom stereocenters. The van der Waals surface area contributed by atoms with Crippen molar-refractivity contribution >= 4 is 11.7 Å². The minimum atomic E-state index is 0.254. The lowest BCUT2D eigenvalue weighted by atomic mass is 9.95. The third kappa shape index (κ3) is 5.24. The molecule has 0 saturated carbocycles. The molecule has 26 heavy (non-hydrogen) atoms. The fourth-order valence-electron chi connectivity index (χ4n) is 3.40. The molecular weight excluding hydrogens is 330 g/mol. The number of amides is 1. The number of carbonyl (C=O) groups excluding carboxylic acids is 1. The Morgan fingerprint density at radius 3 is 2.92 bits per heavy atom. The zero-order valence-electron chi connectivity index (χ0n) is 15.3. The van der Waals surface area contributed by atoms with Crippen molar-refractivity contribution in [1.29, 1.82) is 0 Å². The van der Waals surface area contributed by atoms with E-state index in [2.05, 4.69) is 25.4 Å². The Morgan fingerprint density at radius 1 is 1.27 bits per heavy atom. The van der Waals surface area contributed by atoms with Crippen molar-refractivity contribution in [1.82, 2.24) is 29.6 Å². The van der Waals surface area contributed by atoms with Crippen LogP contribution in [0, 0.1) is 5.92 Å². The quantitative estimate of drug-likeness (QED) is 0.812. The molecule has 2 aromatic heterocycles. The lowest BCUT2D eigenvalue weighted by molar-refractivity contribution is -0.131. The molecule has 1 aliphatic heterocycles. The Labute approximate surface area is 154 Å². The van der Waals surface area contributed by atoms with E-state index >= 15 is 0 Å². The van der Waals surface area contributed by atoms with Gasteiger partial charge in [0.2, 0.25) is 5.91 Å². The topological polar surface area (TPSA) is 88.8 Å². The van der Waals surface area contributed by atoms with Gasteiger partial charge in [-0.15, -0.1) is 0 Å². The van der Waals surface area contributed by atoms with E-state index in [1.54, 1.807) is 17.2 Å². The summed E-state index contributed by atoms with van der Waals surface area (Å²) in [4.78, 5) is 27.2. The van der Waals surface area contributed by atoms with E-state index in [0.29, 0.717) is 12.3 Å². The van der Waals surface area contributed by atoms with Crippen molar-refractivity contribution in [2.75, 3.05) is 25.5 Å². The summed E-state index contributed by atoms with van der Waals surface area (Å²) in [7, 11) is 1.84. The number of likely N-dealkylation sites (tertiary alicyclic amines) is 1. The molecule has 0 spiro atoms. The average Bonchev–Trinajstić information content (AvgIpc) is 3.07. The van der Waals surface area contributed by atoms with Gasteiger partial charge in [0.1, 0.15) is 18.5 Å². The zero-order valence-corrected chi connectivity index (χ0v) is 15.3. The number of hydrogen-bond donors (Lipinski definition) is 1. The molecular formula is C18H27N7O. The number of hydrogen-bond acceptors (Lipinski definition) is 6. The van der Waals surface area contributed by atoms with Crippen molar-refractivity contribution in [2.24, 2.45) is 5.92 Å². The van der Waals surface area contributed by atoms with E-state index in [-0.39, 0.29) is 5.91 Å². The van der Waals surface area contributed by atoms with Gasteiger partial charge in [0.25, 0.3) is 0 Å². The molecule has 8 heteroatoms. The second kappa shape index (κ2) is 9.26. The van der Waals surface area contributed by atoms with Crippen LogP contribution in [0.25, 0.3) is 0 Å². The normalized spacial score (nSPS) is 17.7. The van der Waals surface area contributed by atoms with Crippen molar-refractivity contribution in [3.05, 3.63) is 30.7 Å². The highest BCUT2D eigenvalue weighted by Crippen LogP contribution is 2.21. The molecule has 1 aliphatic rings. The summed E-state index contributed by atoms with van der Waals surface area (Å²) in [5.41, 5.74) is 1.03. The van der Waals surface area contributed by atoms with Crippen LogP contribution in [-0.4, -0.2) is 55.7 Å². The predicted molar refractivity (Wildman–Crippen MR) is 98.5 cm³/mol. The van der Waals surface area contributed by atoms with Crippen molar-refractivity contribution < 1.29 is 4.79 Å². The van der Waals surface area contributed by atoms with Crippen molar-refractivity contribution in [3.8, 4) is 0 Å². The molecule has 8 nitrogen and oxygen atoms in total. The number of aromatic nitrogens is 5. The summed E-state index contributed by atoms with van der Waals surface area (Å²) < 4.78 is 1.77. The van der Waals surface area contributed by atoms with E-state index in [4.69, 9.17) is 0 Å². The summed E-state index contributed by atoms with van der Waals surface area (Å²) in [5, 5.41) is 7.05. The lowest BCUT2D eigenvalue weighted by Gasteiger charge is -2.20. The highest BCUT2D eigenvalue weighted by Gasteiger charge is 2.21. The molecule has 0 aromatic carbocycles. The summed E-state index contributed by atoms with van der Waals surface area (Å²) in [6, 6.07) is 0. The highest BCUT2D eigenvalue weighted by molar-refractivity contribution is 5.76. The largest absolute Gasteiger partial charge is 0.372 e. The van der Waals surface area contributed by atoms with Gasteiger partial charge < -0.3 is 10.2 Å². The maximum Gasteiger partial charge on any atom is 0.222 e. The number of aryl methyl sites for hydroxylation is 1. The molecule has 0 radical (unpaired) electrons. The van der Waals surface area contributed by atoms with Crippen LogP contribution >= 0.6 is 0 Å². The maximum atomic E-state index is 12.5. The van der Waals surface area contributed by atoms with Crippen LogP contribution in [-0.2, 0) is 17.8 Å². The summed E-state index contributed by atoms with van der Waals surface area (Å²) >= 11 is 0. The van der Waals surface area contributed by atoms with Crippen LogP contribution in [0.2, 0.25) is 0 Å². The van der Waals surface area contributed by atoms with Crippen LogP contribution in [0.4, 0.5) is 5.82 Å². The second-order valence-corrected chi connectivity index (χ2v) is 6.79. The van der Waals surface area contributed by atoms with Gasteiger partial charge in [-0.05, 0) is 38.0 Å². The third-order valence-corrected chi connectivity index (χ3v) is 4.90. The second-order valence-electron chi connectivity index (χ2n) is 6.79. The fourth-order valence-corrected chi connectivity index (χ4v) is 3.40. The standard InChI is InChI=1S/C18H27N7O/c1-19-17-12-21-16(11-22-17)10-15-4-2-7-24(9-6-15)18(26)5-3-8-25-14-20-13-23-25/h11-15H,2-10H2,1H3,(H,19,22). The van der Waals surface area contributed by atoms with Crippen molar-refractivity contribution in [3.63, 3.8) is 0 Å². The molecule has 3 heterocycles. The first-order valence-corrected chi connectivity index (χ1v) is 9.33. The van der Waals surface area contributed by atoms with Crippen LogP contribution in [0.3, 0.4) is 0 Å². The van der Waals surface area contributed by atoms with Gasteiger partial charge in [-0.25, -0.2) is 9.97 Å². The summed E-state index contributed by atoms with van der Waals surface area (Å²) in [5.74, 6) is 1.61. The van der Waals surface area contributed by atoms with E-state index in [1.165, 1.54) is 6.33 Å². The number of rotatable bonds is 7. The van der Waals surface area contributed by atoms with Gasteiger partial charge in [0.15, 0.2) is 0 Å². The number of carbonyl (C=O) groups is 1. The minimum Gasteiger partial charge on any atom is -0.372 e. The highest BCUT2D eigenvalue weighted by atomic mass is 16.2. The van der Waals surface area contributed by atoms with Crippen LogP contribution in [0.1, 0.15) is 37.8 Å². The predicted octanol–water partition coefficient (Wildman–Crippen LogP) is 1.76. The Balaban J connectivity index is 1.42.